The van der Waals surface area contributed by atoms with Crippen LogP contribution in [-0.4, -0.2) is 18.3 Å². The minimum atomic E-state index is -0.346. The van der Waals surface area contributed by atoms with E-state index in [-0.39, 0.29) is 11.5 Å². The van der Waals surface area contributed by atoms with Crippen LogP contribution in [0.4, 0.5) is 0 Å². The SMILES string of the molecule is COc1ccc2c(c1)CC[C@H]1[C@H]2CC[C@@]2(C)[C@@H](O)/C(=C/c3ccc(Cl)cc3)C[C@@H]12. The van der Waals surface area contributed by atoms with Crippen LogP contribution < -0.4 is 4.74 Å². The van der Waals surface area contributed by atoms with E-state index in [4.69, 9.17) is 16.3 Å². The fourth-order valence-corrected chi connectivity index (χ4v) is 6.58. The number of ether oxygens (including phenoxy) is 1. The number of hydrogen-bond acceptors (Lipinski definition) is 2. The highest BCUT2D eigenvalue weighted by molar-refractivity contribution is 6.30. The number of aliphatic hydroxyl groups excluding tert-OH is 1. The largest absolute Gasteiger partial charge is 0.497 e. The van der Waals surface area contributed by atoms with Crippen molar-refractivity contribution in [1.82, 2.24) is 0 Å². The summed E-state index contributed by atoms with van der Waals surface area (Å²) in [5.41, 5.74) is 5.30. The van der Waals surface area contributed by atoms with Crippen molar-refractivity contribution in [1.29, 1.82) is 0 Å². The van der Waals surface area contributed by atoms with Crippen molar-refractivity contribution in [3.63, 3.8) is 0 Å². The monoisotopic (exact) mass is 408 g/mol. The Kier molecular flexibility index (Phi) is 4.75. The van der Waals surface area contributed by atoms with Gasteiger partial charge < -0.3 is 9.84 Å². The van der Waals surface area contributed by atoms with E-state index in [0.29, 0.717) is 17.8 Å². The summed E-state index contributed by atoms with van der Waals surface area (Å²) in [5, 5.41) is 12.1. The summed E-state index contributed by atoms with van der Waals surface area (Å²) in [5.74, 6) is 2.78. The molecule has 2 aromatic rings. The minimum absolute atomic E-state index is 0.0105. The van der Waals surface area contributed by atoms with Gasteiger partial charge in [-0.1, -0.05) is 42.8 Å². The molecule has 3 aliphatic rings. The van der Waals surface area contributed by atoms with Crippen LogP contribution in [0.15, 0.2) is 48.0 Å². The van der Waals surface area contributed by atoms with Gasteiger partial charge in [-0.05, 0) is 96.4 Å². The molecule has 0 aliphatic heterocycles. The van der Waals surface area contributed by atoms with Crippen LogP contribution in [0, 0.1) is 17.3 Å². The maximum absolute atomic E-state index is 11.3. The maximum atomic E-state index is 11.3. The summed E-state index contributed by atoms with van der Waals surface area (Å²) >= 11 is 6.04. The highest BCUT2D eigenvalue weighted by Gasteiger charge is 2.56. The lowest BCUT2D eigenvalue weighted by Gasteiger charge is -2.49. The summed E-state index contributed by atoms with van der Waals surface area (Å²) in [7, 11) is 1.74. The number of fused-ring (bicyclic) bond motifs is 5. The van der Waals surface area contributed by atoms with Gasteiger partial charge in [0.05, 0.1) is 13.2 Å². The molecule has 5 rings (SSSR count). The van der Waals surface area contributed by atoms with E-state index in [9.17, 15) is 5.11 Å². The fourth-order valence-electron chi connectivity index (χ4n) is 6.46. The first kappa shape index (κ1) is 19.2. The standard InChI is InChI=1S/C26H29ClO2/c1-26-12-11-22-21-10-8-20(29-2)14-17(21)5-9-23(22)24(26)15-18(25(26)28)13-16-3-6-19(27)7-4-16/h3-4,6-8,10,13-14,22-25,28H,5,9,11-12,15H2,1-2H3/b18-13+/t22-,23-,24-,25-,26+/m0/s1. The average molecular weight is 409 g/mol. The van der Waals surface area contributed by atoms with Crippen molar-refractivity contribution in [2.24, 2.45) is 17.3 Å². The zero-order chi connectivity index (χ0) is 20.2. The van der Waals surface area contributed by atoms with Crippen LogP contribution in [0.2, 0.25) is 5.02 Å². The van der Waals surface area contributed by atoms with E-state index in [1.807, 2.05) is 24.3 Å². The molecule has 1 N–H and O–H groups in total. The molecule has 2 aromatic carbocycles. The van der Waals surface area contributed by atoms with Crippen LogP contribution in [0.5, 0.6) is 5.75 Å². The minimum Gasteiger partial charge on any atom is -0.497 e. The van der Waals surface area contributed by atoms with Crippen LogP contribution in [0.25, 0.3) is 6.08 Å². The molecule has 3 aliphatic carbocycles. The summed E-state index contributed by atoms with van der Waals surface area (Å²) in [6.45, 7) is 2.32. The Morgan fingerprint density at radius 1 is 1.14 bits per heavy atom. The number of benzene rings is 2. The molecule has 0 saturated heterocycles. The molecular weight excluding hydrogens is 380 g/mol. The van der Waals surface area contributed by atoms with E-state index in [2.05, 4.69) is 31.2 Å². The number of halogens is 1. The third kappa shape index (κ3) is 3.12. The van der Waals surface area contributed by atoms with Crippen molar-refractivity contribution in [2.75, 3.05) is 7.11 Å². The molecule has 0 spiro atoms. The molecule has 152 valence electrons. The third-order valence-electron chi connectivity index (χ3n) is 8.02. The van der Waals surface area contributed by atoms with Gasteiger partial charge >= 0.3 is 0 Å². The Morgan fingerprint density at radius 3 is 2.69 bits per heavy atom. The molecule has 0 bridgehead atoms. The first-order valence-electron chi connectivity index (χ1n) is 10.8. The van der Waals surface area contributed by atoms with Crippen LogP contribution in [0.1, 0.15) is 55.2 Å². The second kappa shape index (κ2) is 7.18. The predicted molar refractivity (Wildman–Crippen MR) is 118 cm³/mol. The lowest BCUT2D eigenvalue weighted by Crippen LogP contribution is -2.44. The smallest absolute Gasteiger partial charge is 0.119 e. The topological polar surface area (TPSA) is 29.5 Å². The van der Waals surface area contributed by atoms with Gasteiger partial charge in [0, 0.05) is 10.4 Å². The molecule has 0 aromatic heterocycles. The second-order valence-corrected chi connectivity index (χ2v) is 9.84. The molecule has 5 atom stereocenters. The van der Waals surface area contributed by atoms with Crippen molar-refractivity contribution in [3.05, 3.63) is 69.8 Å². The molecular formula is C26H29ClO2. The number of aryl methyl sites for hydroxylation is 1. The molecule has 0 heterocycles. The van der Waals surface area contributed by atoms with Crippen molar-refractivity contribution in [3.8, 4) is 5.75 Å². The third-order valence-corrected chi connectivity index (χ3v) is 8.28. The number of rotatable bonds is 2. The molecule has 0 radical (unpaired) electrons. The zero-order valence-corrected chi connectivity index (χ0v) is 18.0. The number of hydrogen-bond donors (Lipinski definition) is 1. The maximum Gasteiger partial charge on any atom is 0.119 e. The Morgan fingerprint density at radius 2 is 1.93 bits per heavy atom. The molecule has 2 saturated carbocycles. The van der Waals surface area contributed by atoms with Gasteiger partial charge in [0.1, 0.15) is 5.75 Å². The highest BCUT2D eigenvalue weighted by atomic mass is 35.5. The van der Waals surface area contributed by atoms with Gasteiger partial charge in [0.2, 0.25) is 0 Å². The summed E-state index contributed by atoms with van der Waals surface area (Å²) in [6.07, 6.45) is 7.44. The number of aliphatic hydroxyl groups is 1. The Hall–Kier alpha value is -1.77. The number of methoxy groups -OCH3 is 1. The fraction of sp³-hybridized carbons (Fsp3) is 0.462. The predicted octanol–water partition coefficient (Wildman–Crippen LogP) is 6.26. The van der Waals surface area contributed by atoms with E-state index in [1.54, 1.807) is 7.11 Å². The van der Waals surface area contributed by atoms with E-state index < -0.39 is 0 Å². The van der Waals surface area contributed by atoms with Crippen LogP contribution >= 0.6 is 11.6 Å². The van der Waals surface area contributed by atoms with Crippen LogP contribution in [-0.2, 0) is 6.42 Å². The van der Waals surface area contributed by atoms with Gasteiger partial charge in [-0.15, -0.1) is 0 Å². The van der Waals surface area contributed by atoms with Crippen LogP contribution in [0.3, 0.4) is 0 Å². The summed E-state index contributed by atoms with van der Waals surface area (Å²) in [4.78, 5) is 0. The van der Waals surface area contributed by atoms with Gasteiger partial charge in [-0.3, -0.25) is 0 Å². The lowest BCUT2D eigenvalue weighted by molar-refractivity contribution is -0.0158. The van der Waals surface area contributed by atoms with E-state index in [1.165, 1.54) is 29.5 Å². The van der Waals surface area contributed by atoms with E-state index >= 15 is 0 Å². The summed E-state index contributed by atoms with van der Waals surface area (Å²) in [6, 6.07) is 14.6. The molecule has 3 heteroatoms. The summed E-state index contributed by atoms with van der Waals surface area (Å²) < 4.78 is 5.44. The highest BCUT2D eigenvalue weighted by Crippen LogP contribution is 2.62. The first-order valence-corrected chi connectivity index (χ1v) is 11.2. The van der Waals surface area contributed by atoms with Gasteiger partial charge in [-0.2, -0.15) is 0 Å². The van der Waals surface area contributed by atoms with E-state index in [0.717, 1.165) is 35.6 Å². The molecule has 0 unspecified atom stereocenters. The Labute approximate surface area is 178 Å². The van der Waals surface area contributed by atoms with Gasteiger partial charge in [0.25, 0.3) is 0 Å². The molecule has 0 amide bonds. The van der Waals surface area contributed by atoms with Crippen molar-refractivity contribution < 1.29 is 9.84 Å². The quantitative estimate of drug-likeness (QED) is 0.635. The second-order valence-electron chi connectivity index (χ2n) is 9.40. The normalized spacial score (nSPS) is 34.4. The molecule has 2 nitrogen and oxygen atoms in total. The molecule has 2 fully saturated rings. The first-order chi connectivity index (χ1) is 14.0. The van der Waals surface area contributed by atoms with Gasteiger partial charge in [0.15, 0.2) is 0 Å². The van der Waals surface area contributed by atoms with Crippen molar-refractivity contribution >= 4 is 17.7 Å². The van der Waals surface area contributed by atoms with Gasteiger partial charge in [-0.25, -0.2) is 0 Å². The van der Waals surface area contributed by atoms with Crippen molar-refractivity contribution in [2.45, 2.75) is 51.0 Å². The Bertz CT molecular complexity index is 948. The zero-order valence-electron chi connectivity index (χ0n) is 17.2. The molecule has 29 heavy (non-hydrogen) atoms. The Balaban J connectivity index is 1.46. The average Bonchev–Trinajstić information content (AvgIpc) is 2.99. The lowest BCUT2D eigenvalue weighted by atomic mass is 9.55.